The van der Waals surface area contributed by atoms with Gasteiger partial charge in [0.2, 0.25) is 0 Å². The van der Waals surface area contributed by atoms with Crippen molar-refractivity contribution in [3.63, 3.8) is 0 Å². The Morgan fingerprint density at radius 3 is 2.79 bits per heavy atom. The fraction of sp³-hybridized carbons (Fsp3) is 0.600. The largest absolute Gasteiger partial charge is 0.390 e. The van der Waals surface area contributed by atoms with Crippen LogP contribution in [0.3, 0.4) is 0 Å². The van der Waals surface area contributed by atoms with Gasteiger partial charge < -0.3 is 15.2 Å². The lowest BCUT2D eigenvalue weighted by molar-refractivity contribution is 0.0171. The molecule has 106 valence electrons. The van der Waals surface area contributed by atoms with E-state index in [1.165, 1.54) is 11.1 Å². The normalized spacial score (nSPS) is 18.3. The molecule has 0 aromatic heterocycles. The Balaban J connectivity index is 1.79. The number of aliphatic hydroxyl groups excluding tert-OH is 1. The maximum atomic E-state index is 10.1. The third-order valence-electron chi connectivity index (χ3n) is 3.71. The molecule has 1 aliphatic rings. The molecule has 4 heteroatoms. The summed E-state index contributed by atoms with van der Waals surface area (Å²) in [5.74, 6) is 0. The molecule has 0 aliphatic carbocycles. The topological polar surface area (TPSA) is 44.7 Å². The van der Waals surface area contributed by atoms with Crippen molar-refractivity contribution in [2.24, 2.45) is 0 Å². The molecule has 1 unspecified atom stereocenters. The van der Waals surface area contributed by atoms with Crippen LogP contribution < -0.4 is 5.32 Å². The van der Waals surface area contributed by atoms with Crippen molar-refractivity contribution < 1.29 is 9.84 Å². The molecule has 4 nitrogen and oxygen atoms in total. The Bertz CT molecular complexity index is 403. The smallest absolute Gasteiger partial charge is 0.0839 e. The van der Waals surface area contributed by atoms with Gasteiger partial charge in [-0.3, -0.25) is 4.90 Å². The van der Waals surface area contributed by atoms with Gasteiger partial charge in [0.15, 0.2) is 0 Å². The van der Waals surface area contributed by atoms with Gasteiger partial charge in [-0.15, -0.1) is 0 Å². The molecule has 0 saturated carbocycles. The van der Waals surface area contributed by atoms with Gasteiger partial charge in [-0.25, -0.2) is 0 Å². The first-order valence-electron chi connectivity index (χ1n) is 6.95. The Morgan fingerprint density at radius 2 is 2.05 bits per heavy atom. The number of β-amino-alcohol motifs (C(OH)–C–C–N with tert-alkyl or cyclic N) is 1. The number of nitrogens with one attached hydrogen (secondary N) is 1. The van der Waals surface area contributed by atoms with Crippen LogP contribution in [0, 0.1) is 13.8 Å². The van der Waals surface area contributed by atoms with Gasteiger partial charge in [-0.1, -0.05) is 12.1 Å². The summed E-state index contributed by atoms with van der Waals surface area (Å²) in [6.07, 6.45) is -0.349. The zero-order valence-corrected chi connectivity index (χ0v) is 11.9. The monoisotopic (exact) mass is 264 g/mol. The molecule has 1 atom stereocenters. The van der Waals surface area contributed by atoms with Crippen LogP contribution in [0.4, 0.5) is 5.69 Å². The number of aliphatic hydroxyl groups is 1. The van der Waals surface area contributed by atoms with Gasteiger partial charge >= 0.3 is 0 Å². The van der Waals surface area contributed by atoms with Crippen molar-refractivity contribution in [1.82, 2.24) is 4.90 Å². The second kappa shape index (κ2) is 6.89. The maximum absolute atomic E-state index is 10.1. The minimum Gasteiger partial charge on any atom is -0.390 e. The number of morpholine rings is 1. The van der Waals surface area contributed by atoms with E-state index in [-0.39, 0.29) is 6.10 Å². The maximum Gasteiger partial charge on any atom is 0.0839 e. The summed E-state index contributed by atoms with van der Waals surface area (Å²) in [6, 6.07) is 6.20. The van der Waals surface area contributed by atoms with Gasteiger partial charge in [0.05, 0.1) is 19.3 Å². The fourth-order valence-corrected chi connectivity index (χ4v) is 2.32. The van der Waals surface area contributed by atoms with Gasteiger partial charge in [0.25, 0.3) is 0 Å². The van der Waals surface area contributed by atoms with E-state index in [4.69, 9.17) is 4.74 Å². The van der Waals surface area contributed by atoms with Crippen LogP contribution in [0.15, 0.2) is 18.2 Å². The van der Waals surface area contributed by atoms with Crippen LogP contribution in [-0.2, 0) is 4.74 Å². The molecule has 2 rings (SSSR count). The summed E-state index contributed by atoms with van der Waals surface area (Å²) in [5, 5.41) is 13.4. The summed E-state index contributed by atoms with van der Waals surface area (Å²) in [6.45, 7) is 8.88. The van der Waals surface area contributed by atoms with Crippen molar-refractivity contribution in [2.45, 2.75) is 20.0 Å². The summed E-state index contributed by atoms with van der Waals surface area (Å²) in [5.41, 5.74) is 3.63. The third kappa shape index (κ3) is 4.20. The zero-order valence-electron chi connectivity index (χ0n) is 11.9. The van der Waals surface area contributed by atoms with Crippen molar-refractivity contribution in [1.29, 1.82) is 0 Å². The van der Waals surface area contributed by atoms with Gasteiger partial charge in [-0.05, 0) is 31.0 Å². The molecule has 1 saturated heterocycles. The van der Waals surface area contributed by atoms with Crippen LogP contribution in [0.5, 0.6) is 0 Å². The van der Waals surface area contributed by atoms with E-state index < -0.39 is 0 Å². The number of anilines is 1. The van der Waals surface area contributed by atoms with Crippen LogP contribution in [0.1, 0.15) is 11.1 Å². The van der Waals surface area contributed by atoms with Crippen LogP contribution in [0.2, 0.25) is 0 Å². The van der Waals surface area contributed by atoms with Crippen molar-refractivity contribution in [2.75, 3.05) is 44.7 Å². The Morgan fingerprint density at radius 1 is 1.32 bits per heavy atom. The number of nitrogens with zero attached hydrogens (tertiary/aromatic N) is 1. The molecule has 0 spiro atoms. The van der Waals surface area contributed by atoms with Crippen LogP contribution >= 0.6 is 0 Å². The van der Waals surface area contributed by atoms with E-state index in [1.807, 2.05) is 6.07 Å². The molecule has 0 radical (unpaired) electrons. The van der Waals surface area contributed by atoms with E-state index in [9.17, 15) is 5.11 Å². The number of benzene rings is 1. The van der Waals surface area contributed by atoms with Crippen molar-refractivity contribution >= 4 is 5.69 Å². The molecule has 1 heterocycles. The average Bonchev–Trinajstić information content (AvgIpc) is 2.42. The molecule has 2 N–H and O–H groups in total. The third-order valence-corrected chi connectivity index (χ3v) is 3.71. The Labute approximate surface area is 115 Å². The first-order chi connectivity index (χ1) is 9.16. The molecule has 19 heavy (non-hydrogen) atoms. The van der Waals surface area contributed by atoms with E-state index in [1.54, 1.807) is 0 Å². The SMILES string of the molecule is Cc1cccc(NCC(O)CN2CCOCC2)c1C. The predicted molar refractivity (Wildman–Crippen MR) is 77.7 cm³/mol. The van der Waals surface area contributed by atoms with Crippen LogP contribution in [0.25, 0.3) is 0 Å². The lowest BCUT2D eigenvalue weighted by Gasteiger charge is -2.28. The standard InChI is InChI=1S/C15H24N2O2/c1-12-4-3-5-15(13(12)2)16-10-14(18)11-17-6-8-19-9-7-17/h3-5,14,16,18H,6-11H2,1-2H3. The molecule has 0 amide bonds. The Hall–Kier alpha value is -1.10. The second-order valence-corrected chi connectivity index (χ2v) is 5.20. The molecular weight excluding hydrogens is 240 g/mol. The van der Waals surface area contributed by atoms with Crippen molar-refractivity contribution in [3.05, 3.63) is 29.3 Å². The van der Waals surface area contributed by atoms with E-state index in [0.717, 1.165) is 32.0 Å². The quantitative estimate of drug-likeness (QED) is 0.844. The molecular formula is C15H24N2O2. The molecule has 0 bridgehead atoms. The minimum absolute atomic E-state index is 0.349. The first kappa shape index (κ1) is 14.3. The number of hydrogen-bond donors (Lipinski definition) is 2. The highest BCUT2D eigenvalue weighted by atomic mass is 16.5. The second-order valence-electron chi connectivity index (χ2n) is 5.20. The lowest BCUT2D eigenvalue weighted by Crippen LogP contribution is -2.42. The molecule has 1 fully saturated rings. The number of hydrogen-bond acceptors (Lipinski definition) is 4. The van der Waals surface area contributed by atoms with Crippen LogP contribution in [-0.4, -0.2) is 55.5 Å². The molecule has 1 aromatic rings. The number of ether oxygens (including phenoxy) is 1. The van der Waals surface area contributed by atoms with E-state index >= 15 is 0 Å². The van der Waals surface area contributed by atoms with Gasteiger partial charge in [0.1, 0.15) is 0 Å². The Kier molecular flexibility index (Phi) is 5.19. The number of aryl methyl sites for hydroxylation is 1. The van der Waals surface area contributed by atoms with E-state index in [2.05, 4.69) is 36.2 Å². The molecule has 1 aliphatic heterocycles. The first-order valence-corrected chi connectivity index (χ1v) is 6.95. The highest BCUT2D eigenvalue weighted by Gasteiger charge is 2.14. The predicted octanol–water partition coefficient (Wildman–Crippen LogP) is 1.41. The summed E-state index contributed by atoms with van der Waals surface area (Å²) < 4.78 is 5.30. The summed E-state index contributed by atoms with van der Waals surface area (Å²) >= 11 is 0. The summed E-state index contributed by atoms with van der Waals surface area (Å²) in [7, 11) is 0. The molecule has 1 aromatic carbocycles. The van der Waals surface area contributed by atoms with E-state index in [0.29, 0.717) is 13.1 Å². The fourth-order valence-electron chi connectivity index (χ4n) is 2.32. The van der Waals surface area contributed by atoms with Gasteiger partial charge in [0, 0.05) is 31.9 Å². The number of rotatable bonds is 5. The highest BCUT2D eigenvalue weighted by molar-refractivity contribution is 5.53. The lowest BCUT2D eigenvalue weighted by atomic mass is 10.1. The average molecular weight is 264 g/mol. The summed E-state index contributed by atoms with van der Waals surface area (Å²) in [4.78, 5) is 2.25. The van der Waals surface area contributed by atoms with Gasteiger partial charge in [-0.2, -0.15) is 0 Å². The zero-order chi connectivity index (χ0) is 13.7. The highest BCUT2D eigenvalue weighted by Crippen LogP contribution is 2.17. The minimum atomic E-state index is -0.349. The van der Waals surface area contributed by atoms with Crippen molar-refractivity contribution in [3.8, 4) is 0 Å².